The van der Waals surface area contributed by atoms with E-state index in [9.17, 15) is 4.79 Å². The molecule has 3 heteroatoms. The largest absolute Gasteiger partial charge is 0.311 e. The lowest BCUT2D eigenvalue weighted by atomic mass is 10.2. The third-order valence-electron chi connectivity index (χ3n) is 2.46. The molecule has 1 aromatic rings. The molecule has 2 nitrogen and oxygen atoms in total. The summed E-state index contributed by atoms with van der Waals surface area (Å²) in [5.74, 6) is 2.63. The summed E-state index contributed by atoms with van der Waals surface area (Å²) in [5.41, 5.74) is 1.93. The summed E-state index contributed by atoms with van der Waals surface area (Å²) in [6.45, 7) is 0.572. The molecule has 1 aliphatic heterocycles. The number of carbonyl (C=O) groups is 1. The average molecular weight is 220 g/mol. The SMILES string of the molecule is C#CCCN1C(=O)Cc2ccc(Cl)cc21. The number of nitrogens with zero attached hydrogens (tertiary/aromatic N) is 1. The topological polar surface area (TPSA) is 20.3 Å². The van der Waals surface area contributed by atoms with Crippen LogP contribution in [0.2, 0.25) is 5.02 Å². The lowest BCUT2D eigenvalue weighted by molar-refractivity contribution is -0.117. The second kappa shape index (κ2) is 3.96. The first kappa shape index (κ1) is 10.1. The molecule has 0 bridgehead atoms. The van der Waals surface area contributed by atoms with Crippen molar-refractivity contribution >= 4 is 23.2 Å². The highest BCUT2D eigenvalue weighted by Crippen LogP contribution is 2.31. The molecule has 0 saturated carbocycles. The van der Waals surface area contributed by atoms with Crippen molar-refractivity contribution in [2.45, 2.75) is 12.8 Å². The van der Waals surface area contributed by atoms with Gasteiger partial charge < -0.3 is 4.90 Å². The summed E-state index contributed by atoms with van der Waals surface area (Å²) in [5, 5.41) is 0.647. The van der Waals surface area contributed by atoms with Crippen molar-refractivity contribution < 1.29 is 4.79 Å². The van der Waals surface area contributed by atoms with Crippen LogP contribution in [-0.2, 0) is 11.2 Å². The number of hydrogen-bond acceptors (Lipinski definition) is 1. The molecule has 0 fully saturated rings. The van der Waals surface area contributed by atoms with Crippen LogP contribution in [0.4, 0.5) is 5.69 Å². The summed E-state index contributed by atoms with van der Waals surface area (Å²) >= 11 is 5.89. The van der Waals surface area contributed by atoms with Crippen LogP contribution in [0.3, 0.4) is 0 Å². The van der Waals surface area contributed by atoms with E-state index in [2.05, 4.69) is 5.92 Å². The molecule has 1 heterocycles. The van der Waals surface area contributed by atoms with E-state index >= 15 is 0 Å². The molecule has 2 rings (SSSR count). The van der Waals surface area contributed by atoms with Crippen LogP contribution < -0.4 is 4.90 Å². The average Bonchev–Trinajstić information content (AvgIpc) is 2.51. The minimum absolute atomic E-state index is 0.0996. The van der Waals surface area contributed by atoms with Gasteiger partial charge in [-0.2, -0.15) is 0 Å². The Kier molecular flexibility index (Phi) is 2.66. The van der Waals surface area contributed by atoms with E-state index in [-0.39, 0.29) is 5.91 Å². The molecule has 1 aromatic carbocycles. The zero-order valence-electron chi connectivity index (χ0n) is 8.16. The monoisotopic (exact) mass is 219 g/mol. The molecular formula is C12H10ClNO. The van der Waals surface area contributed by atoms with E-state index < -0.39 is 0 Å². The highest BCUT2D eigenvalue weighted by atomic mass is 35.5. The molecule has 0 unspecified atom stereocenters. The van der Waals surface area contributed by atoms with Crippen LogP contribution in [0, 0.1) is 12.3 Å². The fourth-order valence-electron chi connectivity index (χ4n) is 1.75. The van der Waals surface area contributed by atoms with Crippen LogP contribution in [-0.4, -0.2) is 12.5 Å². The first-order valence-corrected chi connectivity index (χ1v) is 5.12. The quantitative estimate of drug-likeness (QED) is 0.699. The van der Waals surface area contributed by atoms with Crippen molar-refractivity contribution in [2.24, 2.45) is 0 Å². The van der Waals surface area contributed by atoms with Gasteiger partial charge in [-0.25, -0.2) is 0 Å². The molecule has 1 aliphatic rings. The third-order valence-corrected chi connectivity index (χ3v) is 2.70. The second-order valence-electron chi connectivity index (χ2n) is 3.45. The fraction of sp³-hybridized carbons (Fsp3) is 0.250. The van der Waals surface area contributed by atoms with Crippen LogP contribution in [0.5, 0.6) is 0 Å². The van der Waals surface area contributed by atoms with Crippen LogP contribution >= 0.6 is 11.6 Å². The molecule has 15 heavy (non-hydrogen) atoms. The van der Waals surface area contributed by atoms with Gasteiger partial charge in [-0.15, -0.1) is 12.3 Å². The number of benzene rings is 1. The smallest absolute Gasteiger partial charge is 0.231 e. The number of terminal acetylenes is 1. The van der Waals surface area contributed by atoms with Gasteiger partial charge in [0.05, 0.1) is 6.42 Å². The van der Waals surface area contributed by atoms with Gasteiger partial charge in [0.25, 0.3) is 0 Å². The lowest BCUT2D eigenvalue weighted by Crippen LogP contribution is -2.27. The van der Waals surface area contributed by atoms with E-state index in [1.807, 2.05) is 12.1 Å². The standard InChI is InChI=1S/C12H10ClNO/c1-2-3-6-14-11-8-10(13)5-4-9(11)7-12(14)15/h1,4-5,8H,3,6-7H2. The Balaban J connectivity index is 2.32. The molecule has 1 amide bonds. The van der Waals surface area contributed by atoms with E-state index in [4.69, 9.17) is 18.0 Å². The summed E-state index contributed by atoms with van der Waals surface area (Å²) in [6.07, 6.45) is 6.21. The molecule has 0 aliphatic carbocycles. The minimum Gasteiger partial charge on any atom is -0.311 e. The molecule has 0 atom stereocenters. The molecular weight excluding hydrogens is 210 g/mol. The number of amides is 1. The Bertz CT molecular complexity index is 447. The maximum atomic E-state index is 11.7. The zero-order valence-corrected chi connectivity index (χ0v) is 8.92. The van der Waals surface area contributed by atoms with E-state index in [0.717, 1.165) is 11.3 Å². The van der Waals surface area contributed by atoms with Crippen molar-refractivity contribution in [3.05, 3.63) is 28.8 Å². The van der Waals surface area contributed by atoms with Crippen molar-refractivity contribution in [1.29, 1.82) is 0 Å². The molecule has 0 aromatic heterocycles. The Hall–Kier alpha value is -1.46. The normalized spacial score (nSPS) is 13.9. The lowest BCUT2D eigenvalue weighted by Gasteiger charge is -2.15. The Morgan fingerprint density at radius 2 is 2.33 bits per heavy atom. The summed E-state index contributed by atoms with van der Waals surface area (Å²) in [7, 11) is 0. The molecule has 0 N–H and O–H groups in total. The predicted molar refractivity (Wildman–Crippen MR) is 61.0 cm³/mol. The minimum atomic E-state index is 0.0996. The first-order chi connectivity index (χ1) is 7.22. The van der Waals surface area contributed by atoms with Gasteiger partial charge in [0.2, 0.25) is 5.91 Å². The zero-order chi connectivity index (χ0) is 10.8. The van der Waals surface area contributed by atoms with Gasteiger partial charge >= 0.3 is 0 Å². The van der Waals surface area contributed by atoms with E-state index in [0.29, 0.717) is 24.4 Å². The second-order valence-corrected chi connectivity index (χ2v) is 3.89. The molecule has 76 valence electrons. The molecule has 0 radical (unpaired) electrons. The Morgan fingerprint density at radius 3 is 3.07 bits per heavy atom. The van der Waals surface area contributed by atoms with Crippen molar-refractivity contribution in [3.8, 4) is 12.3 Å². The number of hydrogen-bond donors (Lipinski definition) is 0. The number of halogens is 1. The van der Waals surface area contributed by atoms with E-state index in [1.165, 1.54) is 0 Å². The van der Waals surface area contributed by atoms with Crippen molar-refractivity contribution in [3.63, 3.8) is 0 Å². The third kappa shape index (κ3) is 1.84. The van der Waals surface area contributed by atoms with Gasteiger partial charge in [0.1, 0.15) is 0 Å². The van der Waals surface area contributed by atoms with Crippen LogP contribution in [0.15, 0.2) is 18.2 Å². The van der Waals surface area contributed by atoms with Gasteiger partial charge in [0, 0.05) is 23.7 Å². The maximum absolute atomic E-state index is 11.7. The predicted octanol–water partition coefficient (Wildman–Crippen LogP) is 2.25. The first-order valence-electron chi connectivity index (χ1n) is 4.74. The maximum Gasteiger partial charge on any atom is 0.231 e. The molecule has 0 spiro atoms. The molecule has 0 saturated heterocycles. The number of anilines is 1. The Morgan fingerprint density at radius 1 is 1.53 bits per heavy atom. The van der Waals surface area contributed by atoms with Crippen molar-refractivity contribution in [2.75, 3.05) is 11.4 Å². The number of rotatable bonds is 2. The fourth-order valence-corrected chi connectivity index (χ4v) is 1.92. The summed E-state index contributed by atoms with van der Waals surface area (Å²) in [6, 6.07) is 5.52. The highest BCUT2D eigenvalue weighted by Gasteiger charge is 2.26. The summed E-state index contributed by atoms with van der Waals surface area (Å²) < 4.78 is 0. The number of carbonyl (C=O) groups excluding carboxylic acids is 1. The van der Waals surface area contributed by atoms with Crippen LogP contribution in [0.25, 0.3) is 0 Å². The summed E-state index contributed by atoms with van der Waals surface area (Å²) in [4.78, 5) is 13.4. The van der Waals surface area contributed by atoms with E-state index in [1.54, 1.807) is 11.0 Å². The highest BCUT2D eigenvalue weighted by molar-refractivity contribution is 6.31. The number of fused-ring (bicyclic) bond motifs is 1. The Labute approximate surface area is 93.8 Å². The van der Waals surface area contributed by atoms with Crippen LogP contribution in [0.1, 0.15) is 12.0 Å². The van der Waals surface area contributed by atoms with Gasteiger partial charge in [0.15, 0.2) is 0 Å². The van der Waals surface area contributed by atoms with Crippen molar-refractivity contribution in [1.82, 2.24) is 0 Å². The van der Waals surface area contributed by atoms with Gasteiger partial charge in [-0.05, 0) is 17.7 Å². The van der Waals surface area contributed by atoms with Gasteiger partial charge in [-0.1, -0.05) is 17.7 Å². The van der Waals surface area contributed by atoms with Gasteiger partial charge in [-0.3, -0.25) is 4.79 Å².